The van der Waals surface area contributed by atoms with E-state index in [0.29, 0.717) is 19.3 Å². The first-order valence-electron chi connectivity index (χ1n) is 6.66. The fourth-order valence-corrected chi connectivity index (χ4v) is 3.80. The third kappa shape index (κ3) is 3.08. The van der Waals surface area contributed by atoms with Crippen LogP contribution in [0.5, 0.6) is 0 Å². The quantitative estimate of drug-likeness (QED) is 0.707. The molecule has 1 aliphatic heterocycles. The van der Waals surface area contributed by atoms with Gasteiger partial charge in [-0.1, -0.05) is 20.8 Å². The summed E-state index contributed by atoms with van der Waals surface area (Å²) in [6.45, 7) is 5.53. The maximum atomic E-state index is 11.9. The summed E-state index contributed by atoms with van der Waals surface area (Å²) < 4.78 is 23.4. The molecule has 0 aromatic carbocycles. The lowest BCUT2D eigenvalue weighted by Gasteiger charge is -2.33. The summed E-state index contributed by atoms with van der Waals surface area (Å²) in [5, 5.41) is 2.28. The van der Waals surface area contributed by atoms with E-state index in [1.165, 1.54) is 4.90 Å². The van der Waals surface area contributed by atoms with Crippen molar-refractivity contribution in [3.8, 4) is 0 Å². The SMILES string of the molecule is CCCS(=O)(=O)CCN1C(=O)NC(=O)C1(CC)CC. The first-order valence-corrected chi connectivity index (χ1v) is 8.48. The van der Waals surface area contributed by atoms with Gasteiger partial charge < -0.3 is 4.90 Å². The van der Waals surface area contributed by atoms with Crippen LogP contribution in [0.2, 0.25) is 0 Å². The number of amides is 3. The van der Waals surface area contributed by atoms with Gasteiger partial charge in [0.05, 0.1) is 5.75 Å². The van der Waals surface area contributed by atoms with Crippen LogP contribution in [0.15, 0.2) is 0 Å². The Morgan fingerprint density at radius 3 is 2.16 bits per heavy atom. The first-order chi connectivity index (χ1) is 8.83. The van der Waals surface area contributed by atoms with Crippen molar-refractivity contribution < 1.29 is 18.0 Å². The maximum absolute atomic E-state index is 11.9. The van der Waals surface area contributed by atoms with E-state index in [1.54, 1.807) is 6.92 Å². The molecule has 0 saturated carbocycles. The molecule has 0 aromatic rings. The predicted molar refractivity (Wildman–Crippen MR) is 72.5 cm³/mol. The van der Waals surface area contributed by atoms with Gasteiger partial charge in [0.15, 0.2) is 9.84 Å². The lowest BCUT2D eigenvalue weighted by molar-refractivity contribution is -0.126. The summed E-state index contributed by atoms with van der Waals surface area (Å²) in [5.74, 6) is -0.305. The monoisotopic (exact) mass is 290 g/mol. The number of carbonyl (C=O) groups excluding carboxylic acids is 2. The van der Waals surface area contributed by atoms with E-state index in [0.717, 1.165) is 0 Å². The average molecular weight is 290 g/mol. The fraction of sp³-hybridized carbons (Fsp3) is 0.833. The Balaban J connectivity index is 2.86. The van der Waals surface area contributed by atoms with Crippen molar-refractivity contribution in [1.29, 1.82) is 0 Å². The Hall–Kier alpha value is -1.11. The van der Waals surface area contributed by atoms with Crippen molar-refractivity contribution in [2.75, 3.05) is 18.1 Å². The summed E-state index contributed by atoms with van der Waals surface area (Å²) in [5.41, 5.74) is -0.890. The van der Waals surface area contributed by atoms with Gasteiger partial charge in [0.2, 0.25) is 0 Å². The minimum Gasteiger partial charge on any atom is -0.309 e. The highest BCUT2D eigenvalue weighted by Crippen LogP contribution is 2.28. The van der Waals surface area contributed by atoms with Crippen molar-refractivity contribution in [3.63, 3.8) is 0 Å². The average Bonchev–Trinajstić information content (AvgIpc) is 2.57. The van der Waals surface area contributed by atoms with Crippen LogP contribution in [0.4, 0.5) is 4.79 Å². The van der Waals surface area contributed by atoms with Gasteiger partial charge in [-0.25, -0.2) is 13.2 Å². The molecular formula is C12H22N2O4S. The smallest absolute Gasteiger partial charge is 0.309 e. The second-order valence-corrected chi connectivity index (χ2v) is 7.11. The molecule has 0 aliphatic carbocycles. The van der Waals surface area contributed by atoms with Crippen LogP contribution >= 0.6 is 0 Å². The van der Waals surface area contributed by atoms with Gasteiger partial charge in [-0.2, -0.15) is 0 Å². The van der Waals surface area contributed by atoms with Crippen LogP contribution < -0.4 is 5.32 Å². The molecule has 0 radical (unpaired) electrons. The van der Waals surface area contributed by atoms with Crippen LogP contribution in [0.1, 0.15) is 40.0 Å². The molecule has 1 aliphatic rings. The Morgan fingerprint density at radius 1 is 1.11 bits per heavy atom. The zero-order valence-electron chi connectivity index (χ0n) is 11.7. The largest absolute Gasteiger partial charge is 0.325 e. The number of carbonyl (C=O) groups is 2. The second-order valence-electron chi connectivity index (χ2n) is 4.80. The molecule has 1 fully saturated rings. The molecule has 3 amide bonds. The van der Waals surface area contributed by atoms with E-state index in [1.807, 2.05) is 13.8 Å². The van der Waals surface area contributed by atoms with Crippen molar-refractivity contribution in [2.24, 2.45) is 0 Å². The van der Waals surface area contributed by atoms with Crippen LogP contribution in [0, 0.1) is 0 Å². The number of urea groups is 1. The van der Waals surface area contributed by atoms with Gasteiger partial charge in [-0.05, 0) is 19.3 Å². The summed E-state index contributed by atoms with van der Waals surface area (Å²) in [6, 6.07) is -0.486. The summed E-state index contributed by atoms with van der Waals surface area (Å²) in [6.07, 6.45) is 1.52. The van der Waals surface area contributed by atoms with Gasteiger partial charge in [0.25, 0.3) is 5.91 Å². The zero-order chi connectivity index (χ0) is 14.7. The van der Waals surface area contributed by atoms with E-state index in [4.69, 9.17) is 0 Å². The molecule has 1 saturated heterocycles. The molecule has 0 bridgehead atoms. The number of hydrogen-bond acceptors (Lipinski definition) is 4. The minimum absolute atomic E-state index is 0.0710. The molecule has 7 heteroatoms. The molecule has 110 valence electrons. The number of imide groups is 1. The van der Waals surface area contributed by atoms with Crippen LogP contribution in [-0.2, 0) is 14.6 Å². The molecule has 19 heavy (non-hydrogen) atoms. The molecule has 0 aromatic heterocycles. The van der Waals surface area contributed by atoms with Crippen LogP contribution in [0.3, 0.4) is 0 Å². The van der Waals surface area contributed by atoms with Crippen molar-refractivity contribution in [2.45, 2.75) is 45.6 Å². The van der Waals surface area contributed by atoms with Gasteiger partial charge in [-0.15, -0.1) is 0 Å². The molecule has 0 atom stereocenters. The van der Waals surface area contributed by atoms with E-state index in [-0.39, 0.29) is 24.0 Å². The highest BCUT2D eigenvalue weighted by molar-refractivity contribution is 7.91. The van der Waals surface area contributed by atoms with E-state index >= 15 is 0 Å². The molecule has 1 N–H and O–H groups in total. The van der Waals surface area contributed by atoms with Crippen molar-refractivity contribution >= 4 is 21.8 Å². The first kappa shape index (κ1) is 15.9. The number of nitrogens with one attached hydrogen (secondary N) is 1. The summed E-state index contributed by atoms with van der Waals surface area (Å²) in [7, 11) is -3.16. The molecule has 0 spiro atoms. The van der Waals surface area contributed by atoms with E-state index in [9.17, 15) is 18.0 Å². The number of rotatable bonds is 7. The van der Waals surface area contributed by atoms with Gasteiger partial charge in [0.1, 0.15) is 5.54 Å². The third-order valence-corrected chi connectivity index (χ3v) is 5.55. The molecule has 1 heterocycles. The third-order valence-electron chi connectivity index (χ3n) is 3.72. The Kier molecular flexibility index (Phi) is 4.95. The van der Waals surface area contributed by atoms with Crippen molar-refractivity contribution in [1.82, 2.24) is 10.2 Å². The highest BCUT2D eigenvalue weighted by atomic mass is 32.2. The zero-order valence-corrected chi connectivity index (χ0v) is 12.5. The highest BCUT2D eigenvalue weighted by Gasteiger charge is 2.50. The normalized spacial score (nSPS) is 18.8. The Bertz CT molecular complexity index is 454. The lowest BCUT2D eigenvalue weighted by atomic mass is 9.91. The molecule has 6 nitrogen and oxygen atoms in total. The van der Waals surface area contributed by atoms with Gasteiger partial charge in [-0.3, -0.25) is 10.1 Å². The molecule has 1 rings (SSSR count). The Labute approximate surface area is 114 Å². The van der Waals surface area contributed by atoms with E-state index < -0.39 is 21.4 Å². The number of nitrogens with zero attached hydrogens (tertiary/aromatic N) is 1. The molecule has 0 unspecified atom stereocenters. The topological polar surface area (TPSA) is 83.6 Å². The lowest BCUT2D eigenvalue weighted by Crippen LogP contribution is -2.50. The standard InChI is InChI=1S/C12H22N2O4S/c1-4-8-19(17,18)9-7-14-11(16)13-10(15)12(14,5-2)6-3/h4-9H2,1-3H3,(H,13,15,16). The minimum atomic E-state index is -3.16. The number of sulfone groups is 1. The maximum Gasteiger partial charge on any atom is 0.325 e. The van der Waals surface area contributed by atoms with E-state index in [2.05, 4.69) is 5.32 Å². The number of hydrogen-bond donors (Lipinski definition) is 1. The van der Waals surface area contributed by atoms with Gasteiger partial charge in [0, 0.05) is 12.3 Å². The summed E-state index contributed by atoms with van der Waals surface area (Å²) in [4.78, 5) is 25.1. The Morgan fingerprint density at radius 2 is 1.68 bits per heavy atom. The van der Waals surface area contributed by atoms with Gasteiger partial charge >= 0.3 is 6.03 Å². The predicted octanol–water partition coefficient (Wildman–Crippen LogP) is 0.922. The van der Waals surface area contributed by atoms with Crippen LogP contribution in [0.25, 0.3) is 0 Å². The molecular weight excluding hydrogens is 268 g/mol. The van der Waals surface area contributed by atoms with Crippen molar-refractivity contribution in [3.05, 3.63) is 0 Å². The van der Waals surface area contributed by atoms with Crippen LogP contribution in [-0.4, -0.2) is 48.8 Å². The summed E-state index contributed by atoms with van der Waals surface area (Å²) >= 11 is 0. The fourth-order valence-electron chi connectivity index (χ4n) is 2.51. The second kappa shape index (κ2) is 5.90.